The number of aromatic nitrogens is 4. The molecule has 1 unspecified atom stereocenters. The maximum Gasteiger partial charge on any atom is 0.237 e. The zero-order chi connectivity index (χ0) is 23.2. The van der Waals surface area contributed by atoms with Gasteiger partial charge in [0.25, 0.3) is 0 Å². The van der Waals surface area contributed by atoms with Crippen LogP contribution in [0.1, 0.15) is 19.4 Å². The van der Waals surface area contributed by atoms with Crippen LogP contribution in [0.3, 0.4) is 0 Å². The van der Waals surface area contributed by atoms with Gasteiger partial charge in [0, 0.05) is 29.3 Å². The minimum atomic E-state index is -0.387. The number of anilines is 1. The summed E-state index contributed by atoms with van der Waals surface area (Å²) in [6.07, 6.45) is 3.44. The van der Waals surface area contributed by atoms with Crippen LogP contribution in [0.4, 0.5) is 5.69 Å². The maximum absolute atomic E-state index is 12.8. The lowest BCUT2D eigenvalue weighted by Gasteiger charge is -2.14. The zero-order valence-corrected chi connectivity index (χ0v) is 19.5. The van der Waals surface area contributed by atoms with Gasteiger partial charge in [0.2, 0.25) is 5.91 Å². The van der Waals surface area contributed by atoms with Gasteiger partial charge in [0.05, 0.1) is 11.9 Å². The van der Waals surface area contributed by atoms with Crippen LogP contribution in [-0.2, 0) is 4.79 Å². The molecule has 0 bridgehead atoms. The van der Waals surface area contributed by atoms with Gasteiger partial charge < -0.3 is 10.1 Å². The molecule has 0 aliphatic rings. The summed E-state index contributed by atoms with van der Waals surface area (Å²) in [6, 6.07) is 19.2. The number of pyridine rings is 1. The Hall–Kier alpha value is -3.65. The molecule has 8 heteroatoms. The molecular formula is C25H25N5O2S. The molecule has 0 spiro atoms. The molecule has 2 aromatic carbocycles. The number of ether oxygens (including phenoxy) is 1. The number of thioether (sulfide) groups is 1. The predicted molar refractivity (Wildman–Crippen MR) is 131 cm³/mol. The van der Waals surface area contributed by atoms with Crippen LogP contribution in [0.15, 0.2) is 78.2 Å². The van der Waals surface area contributed by atoms with Gasteiger partial charge in [-0.25, -0.2) is 0 Å². The predicted octanol–water partition coefficient (Wildman–Crippen LogP) is 5.16. The molecule has 0 aliphatic heterocycles. The molecule has 1 N–H and O–H groups in total. The summed E-state index contributed by atoms with van der Waals surface area (Å²) in [4.78, 5) is 16.9. The smallest absolute Gasteiger partial charge is 0.237 e. The van der Waals surface area contributed by atoms with Crippen LogP contribution in [0.25, 0.3) is 17.1 Å². The third-order valence-corrected chi connectivity index (χ3v) is 5.99. The van der Waals surface area contributed by atoms with Gasteiger partial charge in [-0.15, -0.1) is 10.2 Å². The van der Waals surface area contributed by atoms with E-state index in [1.54, 1.807) is 12.4 Å². The summed E-state index contributed by atoms with van der Waals surface area (Å²) < 4.78 is 7.53. The molecule has 0 aliphatic carbocycles. The highest BCUT2D eigenvalue weighted by atomic mass is 32.2. The summed E-state index contributed by atoms with van der Waals surface area (Å²) in [5.41, 5.74) is 3.67. The number of benzene rings is 2. The molecule has 0 saturated carbocycles. The van der Waals surface area contributed by atoms with E-state index in [-0.39, 0.29) is 11.2 Å². The van der Waals surface area contributed by atoms with Gasteiger partial charge in [-0.05, 0) is 69.3 Å². The van der Waals surface area contributed by atoms with Gasteiger partial charge in [-0.3, -0.25) is 14.3 Å². The van der Waals surface area contributed by atoms with E-state index in [9.17, 15) is 4.79 Å². The number of rotatable bonds is 8. The summed E-state index contributed by atoms with van der Waals surface area (Å²) in [6.45, 7) is 6.42. The molecule has 0 saturated heterocycles. The molecule has 2 heterocycles. The first-order valence-electron chi connectivity index (χ1n) is 10.7. The molecule has 33 heavy (non-hydrogen) atoms. The van der Waals surface area contributed by atoms with Crippen molar-refractivity contribution in [1.29, 1.82) is 0 Å². The van der Waals surface area contributed by atoms with E-state index >= 15 is 0 Å². The Balaban J connectivity index is 1.62. The zero-order valence-electron chi connectivity index (χ0n) is 18.7. The lowest BCUT2D eigenvalue weighted by molar-refractivity contribution is -0.115. The lowest BCUT2D eigenvalue weighted by atomic mass is 10.2. The summed E-state index contributed by atoms with van der Waals surface area (Å²) >= 11 is 1.36. The average molecular weight is 460 g/mol. The molecule has 0 fully saturated rings. The van der Waals surface area contributed by atoms with Crippen molar-refractivity contribution in [2.45, 2.75) is 31.2 Å². The fraction of sp³-hybridized carbons (Fsp3) is 0.200. The molecule has 168 valence electrons. The van der Waals surface area contributed by atoms with E-state index < -0.39 is 0 Å². The molecule has 4 rings (SSSR count). The second kappa shape index (κ2) is 10.3. The SMILES string of the molecule is CCOc1ccc(-n2c(SC(C)C(=O)Nc3ccc(C)cc3)nnc2-c2ccncc2)cc1. The molecule has 2 aromatic heterocycles. The van der Waals surface area contributed by atoms with E-state index in [4.69, 9.17) is 4.74 Å². The first kappa shape index (κ1) is 22.5. The Bertz CT molecular complexity index is 1210. The summed E-state index contributed by atoms with van der Waals surface area (Å²) in [7, 11) is 0. The normalized spacial score (nSPS) is 11.7. The first-order chi connectivity index (χ1) is 16.0. The van der Waals surface area contributed by atoms with Crippen molar-refractivity contribution in [2.75, 3.05) is 11.9 Å². The average Bonchev–Trinajstić information content (AvgIpc) is 3.25. The largest absolute Gasteiger partial charge is 0.494 e. The van der Waals surface area contributed by atoms with Crippen molar-refractivity contribution in [2.24, 2.45) is 0 Å². The minimum absolute atomic E-state index is 0.101. The maximum atomic E-state index is 12.8. The summed E-state index contributed by atoms with van der Waals surface area (Å²) in [5, 5.41) is 12.0. The van der Waals surface area contributed by atoms with Crippen molar-refractivity contribution < 1.29 is 9.53 Å². The van der Waals surface area contributed by atoms with Crippen molar-refractivity contribution in [1.82, 2.24) is 19.7 Å². The third kappa shape index (κ3) is 5.40. The number of nitrogens with zero attached hydrogens (tertiary/aromatic N) is 4. The van der Waals surface area contributed by atoms with E-state index in [1.165, 1.54) is 11.8 Å². The van der Waals surface area contributed by atoms with Crippen LogP contribution < -0.4 is 10.1 Å². The highest BCUT2D eigenvalue weighted by Gasteiger charge is 2.22. The number of amides is 1. The number of carbonyl (C=O) groups is 1. The van der Waals surface area contributed by atoms with E-state index in [0.29, 0.717) is 17.6 Å². The van der Waals surface area contributed by atoms with Gasteiger partial charge in [0.15, 0.2) is 11.0 Å². The molecule has 1 amide bonds. The van der Waals surface area contributed by atoms with Crippen molar-refractivity contribution >= 4 is 23.4 Å². The van der Waals surface area contributed by atoms with Crippen molar-refractivity contribution in [3.05, 3.63) is 78.6 Å². The van der Waals surface area contributed by atoms with Crippen molar-refractivity contribution in [3.63, 3.8) is 0 Å². The minimum Gasteiger partial charge on any atom is -0.494 e. The topological polar surface area (TPSA) is 81.9 Å². The highest BCUT2D eigenvalue weighted by Crippen LogP contribution is 2.31. The number of hydrogen-bond acceptors (Lipinski definition) is 6. The monoisotopic (exact) mass is 459 g/mol. The molecule has 7 nitrogen and oxygen atoms in total. The quantitative estimate of drug-likeness (QED) is 0.367. The Morgan fingerprint density at radius 2 is 1.73 bits per heavy atom. The standard InChI is InChI=1S/C25H25N5O2S/c1-4-32-22-11-9-21(10-12-22)30-23(19-13-15-26-16-14-19)28-29-25(30)33-18(3)24(31)27-20-7-5-17(2)6-8-20/h5-16,18H,4H2,1-3H3,(H,27,31). The van der Waals surface area contributed by atoms with Gasteiger partial charge in [-0.2, -0.15) is 0 Å². The first-order valence-corrected chi connectivity index (χ1v) is 11.6. The fourth-order valence-electron chi connectivity index (χ4n) is 3.22. The molecule has 0 radical (unpaired) electrons. The van der Waals surface area contributed by atoms with Gasteiger partial charge >= 0.3 is 0 Å². The molecule has 4 aromatic rings. The second-order valence-electron chi connectivity index (χ2n) is 7.42. The van der Waals surface area contributed by atoms with E-state index in [1.807, 2.05) is 86.0 Å². The number of aryl methyl sites for hydroxylation is 1. The Morgan fingerprint density at radius 3 is 2.39 bits per heavy atom. The number of hydrogen-bond donors (Lipinski definition) is 1. The van der Waals surface area contributed by atoms with E-state index in [2.05, 4.69) is 20.5 Å². The summed E-state index contributed by atoms with van der Waals surface area (Å²) in [5.74, 6) is 1.37. The second-order valence-corrected chi connectivity index (χ2v) is 8.73. The highest BCUT2D eigenvalue weighted by molar-refractivity contribution is 8.00. The van der Waals surface area contributed by atoms with Crippen molar-refractivity contribution in [3.8, 4) is 22.8 Å². The van der Waals surface area contributed by atoms with Crippen LogP contribution in [0.2, 0.25) is 0 Å². The van der Waals surface area contributed by atoms with Crippen LogP contribution in [-0.4, -0.2) is 37.5 Å². The van der Waals surface area contributed by atoms with Gasteiger partial charge in [-0.1, -0.05) is 29.5 Å². The molecule has 1 atom stereocenters. The number of nitrogens with one attached hydrogen (secondary N) is 1. The lowest BCUT2D eigenvalue weighted by Crippen LogP contribution is -2.22. The molecular weight excluding hydrogens is 434 g/mol. The van der Waals surface area contributed by atoms with Gasteiger partial charge in [0.1, 0.15) is 5.75 Å². The fourth-order valence-corrected chi connectivity index (χ4v) is 4.08. The van der Waals surface area contributed by atoms with Crippen LogP contribution in [0.5, 0.6) is 5.75 Å². The van der Waals surface area contributed by atoms with E-state index in [0.717, 1.165) is 28.3 Å². The Labute approximate surface area is 197 Å². The third-order valence-electron chi connectivity index (χ3n) is 4.95. The Morgan fingerprint density at radius 1 is 1.03 bits per heavy atom. The van der Waals surface area contributed by atoms with Crippen LogP contribution >= 0.6 is 11.8 Å². The van der Waals surface area contributed by atoms with Crippen LogP contribution in [0, 0.1) is 6.92 Å². The Kier molecular flexibility index (Phi) is 7.04. The number of carbonyl (C=O) groups excluding carboxylic acids is 1.